The van der Waals surface area contributed by atoms with Crippen LogP contribution in [0.25, 0.3) is 22.3 Å². The summed E-state index contributed by atoms with van der Waals surface area (Å²) in [5.74, 6) is -0.469. The van der Waals surface area contributed by atoms with E-state index < -0.39 is 21.3 Å². The first-order valence-corrected chi connectivity index (χ1v) is 12.2. The lowest BCUT2D eigenvalue weighted by Crippen LogP contribution is -2.40. The van der Waals surface area contributed by atoms with Crippen LogP contribution in [0.15, 0.2) is 29.1 Å². The van der Waals surface area contributed by atoms with Crippen LogP contribution >= 0.6 is 22.6 Å². The highest BCUT2D eigenvalue weighted by Gasteiger charge is 2.45. The van der Waals surface area contributed by atoms with Crippen molar-refractivity contribution in [3.63, 3.8) is 0 Å². The zero-order valence-corrected chi connectivity index (χ0v) is 21.8. The molecule has 3 aromatic rings. The number of aliphatic hydroxyl groups is 1. The quantitative estimate of drug-likeness (QED) is 0.162. The minimum absolute atomic E-state index is 0.184. The number of hydrogen-bond acceptors (Lipinski definition) is 8. The fraction of sp³-hybridized carbons (Fsp3) is 0.360. The largest absolute Gasteiger partial charge is 0.514 e. The molecule has 1 atom stereocenters. The number of halogens is 1. The summed E-state index contributed by atoms with van der Waals surface area (Å²) < 4.78 is 15.3. The Kier molecular flexibility index (Phi) is 5.44. The fourth-order valence-electron chi connectivity index (χ4n) is 4.54. The van der Waals surface area contributed by atoms with Crippen molar-refractivity contribution in [2.45, 2.75) is 56.5 Å². The Morgan fingerprint density at radius 1 is 1.26 bits per heavy atom. The number of carbonyl (C=O) groups is 2. The van der Waals surface area contributed by atoms with Crippen molar-refractivity contribution in [3.05, 3.63) is 56.9 Å². The summed E-state index contributed by atoms with van der Waals surface area (Å²) in [5.41, 5.74) is 3.17. The highest BCUT2D eigenvalue weighted by atomic mass is 127. The number of pyridine rings is 2. The number of aryl methyl sites for hydroxylation is 1. The number of esters is 1. The van der Waals surface area contributed by atoms with Crippen molar-refractivity contribution in [1.82, 2.24) is 9.55 Å². The van der Waals surface area contributed by atoms with Crippen molar-refractivity contribution in [3.8, 4) is 17.1 Å². The summed E-state index contributed by atoms with van der Waals surface area (Å²) >= 11 is 1.60. The zero-order valence-electron chi connectivity index (χ0n) is 19.6. The average molecular weight is 590 g/mol. The molecule has 0 fully saturated rings. The van der Waals surface area contributed by atoms with Gasteiger partial charge in [-0.15, -0.1) is 0 Å². The van der Waals surface area contributed by atoms with Crippen LogP contribution in [0.3, 0.4) is 0 Å². The second-order valence-electron chi connectivity index (χ2n) is 9.53. The standard InChI is InChI=1S/C25H23IN2O7/c1-5-13-14-8-12(34-23(31)35-24(2,3)4)6-7-18(14)27-20-15(13)10-28-19(20)9-17-16(21(28)29)11-33-22(30)25(17,26)32/h6-9,32H,5,10-11H2,1-4H3/t25-/m0/s1. The van der Waals surface area contributed by atoms with Crippen molar-refractivity contribution in [2.24, 2.45) is 0 Å². The van der Waals surface area contributed by atoms with Crippen LogP contribution < -0.4 is 10.3 Å². The van der Waals surface area contributed by atoms with Crippen LogP contribution in [0.1, 0.15) is 49.9 Å². The Bertz CT molecular complexity index is 1480. The molecule has 2 aliphatic heterocycles. The van der Waals surface area contributed by atoms with Gasteiger partial charge in [0.25, 0.3) is 5.56 Å². The highest BCUT2D eigenvalue weighted by molar-refractivity contribution is 14.1. The SMILES string of the molecule is CCc1c2c(nc3ccc(OC(=O)OC(C)(C)C)cc13)-c1cc3c(c(=O)n1C2)COC(=O)[C@]3(O)I. The second-order valence-corrected chi connectivity index (χ2v) is 11.1. The Morgan fingerprint density at radius 2 is 2.00 bits per heavy atom. The predicted octanol–water partition coefficient (Wildman–Crippen LogP) is 3.94. The zero-order chi connectivity index (χ0) is 25.3. The Labute approximate surface area is 214 Å². The number of aromatic nitrogens is 2. The molecule has 5 rings (SSSR count). The topological polar surface area (TPSA) is 117 Å². The van der Waals surface area contributed by atoms with Gasteiger partial charge < -0.3 is 23.9 Å². The normalized spacial score (nSPS) is 18.5. The lowest BCUT2D eigenvalue weighted by atomic mass is 9.97. The van der Waals surface area contributed by atoms with Crippen LogP contribution in [0, 0.1) is 0 Å². The molecule has 0 saturated carbocycles. The summed E-state index contributed by atoms with van der Waals surface area (Å²) in [4.78, 5) is 42.4. The summed E-state index contributed by atoms with van der Waals surface area (Å²) in [5, 5.41) is 11.5. The molecule has 0 bridgehead atoms. The van der Waals surface area contributed by atoms with E-state index in [0.29, 0.717) is 35.6 Å². The summed E-state index contributed by atoms with van der Waals surface area (Å²) in [6, 6.07) is 6.80. The van der Waals surface area contributed by atoms with E-state index in [2.05, 4.69) is 0 Å². The van der Waals surface area contributed by atoms with E-state index >= 15 is 0 Å². The molecule has 9 nitrogen and oxygen atoms in total. The van der Waals surface area contributed by atoms with Gasteiger partial charge in [-0.2, -0.15) is 0 Å². The van der Waals surface area contributed by atoms with Gasteiger partial charge in [-0.3, -0.25) is 4.79 Å². The highest BCUT2D eigenvalue weighted by Crippen LogP contribution is 2.41. The predicted molar refractivity (Wildman–Crippen MR) is 134 cm³/mol. The Morgan fingerprint density at radius 3 is 2.69 bits per heavy atom. The number of benzene rings is 1. The first kappa shape index (κ1) is 23.7. The minimum Gasteiger partial charge on any atom is -0.458 e. The van der Waals surface area contributed by atoms with Gasteiger partial charge in [0.1, 0.15) is 18.0 Å². The Balaban J connectivity index is 1.63. The minimum atomic E-state index is -1.94. The number of fused-ring (bicyclic) bond motifs is 5. The molecule has 4 heterocycles. The van der Waals surface area contributed by atoms with Crippen LogP contribution in [0.5, 0.6) is 5.75 Å². The number of cyclic esters (lactones) is 1. The summed E-state index contributed by atoms with van der Waals surface area (Å²) in [6.45, 7) is 7.40. The van der Waals surface area contributed by atoms with Crippen molar-refractivity contribution in [1.29, 1.82) is 0 Å². The molecule has 1 aromatic carbocycles. The molecular formula is C25H23IN2O7. The number of nitrogens with zero attached hydrogens (tertiary/aromatic N) is 2. The van der Waals surface area contributed by atoms with Crippen molar-refractivity contribution >= 4 is 45.6 Å². The van der Waals surface area contributed by atoms with Gasteiger partial charge in [0, 0.05) is 16.5 Å². The van der Waals surface area contributed by atoms with Gasteiger partial charge >= 0.3 is 12.1 Å². The van der Waals surface area contributed by atoms with Gasteiger partial charge in [0.2, 0.25) is 3.61 Å². The number of hydrogen-bond donors (Lipinski definition) is 1. The summed E-state index contributed by atoms with van der Waals surface area (Å²) in [7, 11) is 0. The molecule has 0 unspecified atom stereocenters. The number of alkyl halides is 1. The maximum atomic E-state index is 13.3. The fourth-order valence-corrected chi connectivity index (χ4v) is 5.18. The molecule has 182 valence electrons. The van der Waals surface area contributed by atoms with E-state index in [1.165, 1.54) is 0 Å². The van der Waals surface area contributed by atoms with E-state index in [1.54, 1.807) is 72.2 Å². The van der Waals surface area contributed by atoms with Crippen molar-refractivity contribution in [2.75, 3.05) is 0 Å². The molecule has 0 saturated heterocycles. The molecule has 0 spiro atoms. The Hall–Kier alpha value is -2.99. The smallest absolute Gasteiger partial charge is 0.458 e. The lowest BCUT2D eigenvalue weighted by molar-refractivity contribution is -0.159. The first-order valence-electron chi connectivity index (χ1n) is 11.1. The van der Waals surface area contributed by atoms with Crippen LogP contribution in [0.4, 0.5) is 4.79 Å². The van der Waals surface area contributed by atoms with Crippen LogP contribution in [-0.4, -0.2) is 32.4 Å². The van der Waals surface area contributed by atoms with Gasteiger partial charge in [-0.05, 0) is 79.6 Å². The maximum absolute atomic E-state index is 13.3. The van der Waals surface area contributed by atoms with Gasteiger partial charge in [0.05, 0.1) is 29.0 Å². The van der Waals surface area contributed by atoms with Crippen LogP contribution in [-0.2, 0) is 37.4 Å². The number of rotatable bonds is 2. The van der Waals surface area contributed by atoms with Gasteiger partial charge in [-0.1, -0.05) is 6.92 Å². The third-order valence-electron chi connectivity index (χ3n) is 6.05. The third kappa shape index (κ3) is 3.88. The maximum Gasteiger partial charge on any atom is 0.514 e. The van der Waals surface area contributed by atoms with E-state index in [9.17, 15) is 19.5 Å². The second kappa shape index (κ2) is 8.02. The molecule has 2 aliphatic rings. The van der Waals surface area contributed by atoms with Crippen LogP contribution in [0.2, 0.25) is 0 Å². The van der Waals surface area contributed by atoms with Gasteiger partial charge in [-0.25, -0.2) is 14.6 Å². The molecule has 1 N–H and O–H groups in total. The molecular weight excluding hydrogens is 567 g/mol. The monoisotopic (exact) mass is 590 g/mol. The van der Waals surface area contributed by atoms with Gasteiger partial charge in [0.15, 0.2) is 0 Å². The third-order valence-corrected chi connectivity index (χ3v) is 7.08. The van der Waals surface area contributed by atoms with E-state index in [-0.39, 0.29) is 23.3 Å². The average Bonchev–Trinajstić information content (AvgIpc) is 3.12. The van der Waals surface area contributed by atoms with E-state index in [0.717, 1.165) is 16.5 Å². The lowest BCUT2D eigenvalue weighted by Gasteiger charge is -2.27. The summed E-state index contributed by atoms with van der Waals surface area (Å²) in [6.07, 6.45) is -0.144. The molecule has 2 aromatic heterocycles. The molecule has 35 heavy (non-hydrogen) atoms. The molecule has 10 heteroatoms. The first-order chi connectivity index (χ1) is 16.4. The number of carbonyl (C=O) groups excluding carboxylic acids is 2. The molecule has 0 aliphatic carbocycles. The van der Waals surface area contributed by atoms with E-state index in [1.807, 2.05) is 6.92 Å². The number of ether oxygens (including phenoxy) is 3. The van der Waals surface area contributed by atoms with Crippen molar-refractivity contribution < 1.29 is 28.9 Å². The van der Waals surface area contributed by atoms with E-state index in [4.69, 9.17) is 19.2 Å². The molecule has 0 radical (unpaired) electrons. The molecule has 0 amide bonds.